The van der Waals surface area contributed by atoms with E-state index in [0.29, 0.717) is 0 Å². The zero-order valence-corrected chi connectivity index (χ0v) is 26.5. The van der Waals surface area contributed by atoms with Crippen molar-refractivity contribution >= 4 is 65.8 Å². The van der Waals surface area contributed by atoms with Crippen LogP contribution in [0.5, 0.6) is 0 Å². The molecule has 2 fully saturated rings. The van der Waals surface area contributed by atoms with Crippen LogP contribution in [0.4, 0.5) is 5.69 Å². The van der Waals surface area contributed by atoms with E-state index >= 15 is 0 Å². The standard InChI is InChI=1S/C28H35IN2O2SeSi/c1-18-13-15-21(16-14-18)30-27-31-22(17-23(34-27)25(29)20-11-9-8-10-12-20)24(26(31)32)19(2)33-35(6,7)28(3,4)5/h8-16,19,22,24H,17H2,1-7H3/b25-23+,30-27?/t19-,22-,24-/m1/s1. The molecular weight excluding hydrogens is 630 g/mol. The Balaban J connectivity index is 1.69. The van der Waals surface area contributed by atoms with Crippen molar-refractivity contribution in [2.75, 3.05) is 0 Å². The first-order valence-corrected chi connectivity index (χ1v) is 17.9. The van der Waals surface area contributed by atoms with Gasteiger partial charge in [0.2, 0.25) is 0 Å². The molecule has 3 atom stereocenters. The van der Waals surface area contributed by atoms with E-state index < -0.39 is 8.32 Å². The first kappa shape index (κ1) is 26.8. The summed E-state index contributed by atoms with van der Waals surface area (Å²) in [6.45, 7) is 15.5. The van der Waals surface area contributed by atoms with E-state index in [0.717, 1.165) is 16.8 Å². The van der Waals surface area contributed by atoms with Gasteiger partial charge in [0.1, 0.15) is 0 Å². The second kappa shape index (κ2) is 10.2. The Labute approximate surface area is 231 Å². The van der Waals surface area contributed by atoms with E-state index in [2.05, 4.69) is 113 Å². The Bertz CT molecular complexity index is 1160. The number of hydrogen-bond donors (Lipinski definition) is 0. The first-order chi connectivity index (χ1) is 16.4. The molecule has 0 saturated carbocycles. The van der Waals surface area contributed by atoms with Crippen LogP contribution < -0.4 is 0 Å². The summed E-state index contributed by atoms with van der Waals surface area (Å²) in [5.74, 6) is 0.0427. The van der Waals surface area contributed by atoms with Crippen LogP contribution in [-0.4, -0.2) is 51.0 Å². The van der Waals surface area contributed by atoms with Gasteiger partial charge in [-0.2, -0.15) is 0 Å². The number of aliphatic imine (C=N–C) groups is 1. The second-order valence-corrected chi connectivity index (χ2v) is 19.1. The van der Waals surface area contributed by atoms with Gasteiger partial charge >= 0.3 is 232 Å². The summed E-state index contributed by atoms with van der Waals surface area (Å²) in [7, 11) is -1.98. The van der Waals surface area contributed by atoms with Crippen LogP contribution in [0.15, 0.2) is 64.1 Å². The fraction of sp³-hybridized carbons (Fsp3) is 0.429. The summed E-state index contributed by atoms with van der Waals surface area (Å²) in [6.07, 6.45) is 0.785. The average Bonchev–Trinajstić information content (AvgIpc) is 2.78. The number of aryl methyl sites for hydroxylation is 1. The van der Waals surface area contributed by atoms with Crippen LogP contribution in [0.1, 0.15) is 45.2 Å². The summed E-state index contributed by atoms with van der Waals surface area (Å²) in [5.41, 5.74) is 3.35. The monoisotopic (exact) mass is 666 g/mol. The third-order valence-electron chi connectivity index (χ3n) is 7.41. The normalized spacial score (nSPS) is 24.2. The fourth-order valence-corrected chi connectivity index (χ4v) is 9.34. The van der Waals surface area contributed by atoms with Crippen molar-refractivity contribution in [1.29, 1.82) is 0 Å². The number of fused-ring (bicyclic) bond motifs is 1. The Kier molecular flexibility index (Phi) is 7.85. The van der Waals surface area contributed by atoms with E-state index in [1.54, 1.807) is 0 Å². The Morgan fingerprint density at radius 1 is 1.14 bits per heavy atom. The summed E-state index contributed by atoms with van der Waals surface area (Å²) in [5, 5.41) is 0.106. The molecule has 0 bridgehead atoms. The molecule has 7 heteroatoms. The molecule has 4 rings (SSSR count). The van der Waals surface area contributed by atoms with Gasteiger partial charge in [0, 0.05) is 0 Å². The average molecular weight is 666 g/mol. The number of carbonyl (C=O) groups excluding carboxylic acids is 1. The third-order valence-corrected chi connectivity index (χ3v) is 16.4. The molecule has 0 spiro atoms. The number of hydrogen-bond acceptors (Lipinski definition) is 3. The molecule has 2 aromatic rings. The topological polar surface area (TPSA) is 41.9 Å². The number of amidine groups is 1. The Morgan fingerprint density at radius 3 is 2.37 bits per heavy atom. The molecule has 2 aliphatic rings. The number of nitrogens with zero attached hydrogens (tertiary/aromatic N) is 2. The van der Waals surface area contributed by atoms with E-state index in [1.807, 2.05) is 17.0 Å². The third kappa shape index (κ3) is 5.54. The van der Waals surface area contributed by atoms with Gasteiger partial charge in [-0.25, -0.2) is 0 Å². The molecule has 0 unspecified atom stereocenters. The minimum absolute atomic E-state index is 0.0160. The summed E-state index contributed by atoms with van der Waals surface area (Å²) in [4.78, 5) is 20.5. The zero-order chi connectivity index (χ0) is 25.5. The first-order valence-electron chi connectivity index (χ1n) is 12.2. The number of benzene rings is 2. The van der Waals surface area contributed by atoms with Gasteiger partial charge in [-0.15, -0.1) is 0 Å². The van der Waals surface area contributed by atoms with Crippen molar-refractivity contribution in [2.24, 2.45) is 10.9 Å². The molecule has 0 aromatic heterocycles. The van der Waals surface area contributed by atoms with E-state index in [9.17, 15) is 4.79 Å². The van der Waals surface area contributed by atoms with Crippen molar-refractivity contribution in [3.05, 3.63) is 70.2 Å². The molecular formula is C28H35IN2O2SeSi. The van der Waals surface area contributed by atoms with Crippen molar-refractivity contribution in [2.45, 2.75) is 71.3 Å². The van der Waals surface area contributed by atoms with Gasteiger partial charge in [0.25, 0.3) is 0 Å². The molecule has 35 heavy (non-hydrogen) atoms. The number of β-lactam (4-membered cyclic amide) rings is 1. The van der Waals surface area contributed by atoms with Gasteiger partial charge < -0.3 is 0 Å². The van der Waals surface area contributed by atoms with Crippen LogP contribution in [0.3, 0.4) is 0 Å². The predicted molar refractivity (Wildman–Crippen MR) is 158 cm³/mol. The molecule has 1 amide bonds. The van der Waals surface area contributed by atoms with E-state index in [1.165, 1.54) is 19.2 Å². The minimum atomic E-state index is -1.98. The fourth-order valence-electron chi connectivity index (χ4n) is 4.33. The molecule has 0 aliphatic carbocycles. The van der Waals surface area contributed by atoms with Crippen LogP contribution in [-0.2, 0) is 9.22 Å². The Morgan fingerprint density at radius 2 is 1.77 bits per heavy atom. The number of carbonyl (C=O) groups is 1. The molecule has 2 saturated heterocycles. The number of amides is 1. The maximum absolute atomic E-state index is 13.5. The van der Waals surface area contributed by atoms with Crippen LogP contribution >= 0.6 is 22.6 Å². The number of rotatable bonds is 5. The van der Waals surface area contributed by atoms with Crippen LogP contribution in [0.25, 0.3) is 3.58 Å². The van der Waals surface area contributed by atoms with Crippen molar-refractivity contribution in [1.82, 2.24) is 4.90 Å². The van der Waals surface area contributed by atoms with Gasteiger partial charge in [0.15, 0.2) is 0 Å². The predicted octanol–water partition coefficient (Wildman–Crippen LogP) is 7.13. The summed E-state index contributed by atoms with van der Waals surface area (Å²) < 4.78 is 10.3. The molecule has 2 heterocycles. The van der Waals surface area contributed by atoms with Crippen molar-refractivity contribution < 1.29 is 9.22 Å². The second-order valence-electron chi connectivity index (χ2n) is 11.0. The molecule has 2 aromatic carbocycles. The zero-order valence-electron chi connectivity index (χ0n) is 21.6. The Hall–Kier alpha value is -1.25. The number of halogens is 1. The van der Waals surface area contributed by atoms with Gasteiger partial charge in [-0.05, 0) is 0 Å². The molecule has 2 aliphatic heterocycles. The molecule has 186 valence electrons. The SMILES string of the molecule is Cc1ccc(N=C2[Se]/C(=C(/I)c3ccccc3)C[C@@H]3[C@@H]([C@@H](C)O[Si](C)(C)C(C)(C)C)C(=O)N23)cc1. The summed E-state index contributed by atoms with van der Waals surface area (Å²) in [6, 6.07) is 18.9. The maximum atomic E-state index is 13.5. The van der Waals surface area contributed by atoms with Gasteiger partial charge in [-0.3, -0.25) is 0 Å². The van der Waals surface area contributed by atoms with Gasteiger partial charge in [0.05, 0.1) is 0 Å². The molecule has 0 N–H and O–H groups in total. The van der Waals surface area contributed by atoms with Gasteiger partial charge in [-0.1, -0.05) is 0 Å². The molecule has 4 nitrogen and oxygen atoms in total. The van der Waals surface area contributed by atoms with E-state index in [-0.39, 0.29) is 44.0 Å². The van der Waals surface area contributed by atoms with E-state index in [4.69, 9.17) is 9.42 Å². The molecule has 0 radical (unpaired) electrons. The summed E-state index contributed by atoms with van der Waals surface area (Å²) >= 11 is 2.47. The van der Waals surface area contributed by atoms with Crippen LogP contribution in [0, 0.1) is 12.8 Å². The van der Waals surface area contributed by atoms with Crippen LogP contribution in [0.2, 0.25) is 18.1 Å². The van der Waals surface area contributed by atoms with Crippen molar-refractivity contribution in [3.63, 3.8) is 0 Å². The quantitative estimate of drug-likeness (QED) is 0.194. The van der Waals surface area contributed by atoms with Crippen molar-refractivity contribution in [3.8, 4) is 0 Å².